The Morgan fingerprint density at radius 2 is 2.20 bits per heavy atom. The van der Waals surface area contributed by atoms with Crippen LogP contribution in [0.1, 0.15) is 36.2 Å². The van der Waals surface area contributed by atoms with Crippen molar-refractivity contribution in [3.63, 3.8) is 0 Å². The van der Waals surface area contributed by atoms with Crippen LogP contribution in [0.4, 0.5) is 5.69 Å². The molecule has 0 aromatic heterocycles. The molecule has 0 bridgehead atoms. The molecule has 3 nitrogen and oxygen atoms in total. The lowest BCUT2D eigenvalue weighted by Gasteiger charge is -2.12. The molecule has 0 heterocycles. The SMILES string of the molecule is CC[C@H](C)NC(=O)c1ccc(N)c(C)c1. The van der Waals surface area contributed by atoms with Crippen LogP contribution >= 0.6 is 0 Å². The topological polar surface area (TPSA) is 55.1 Å². The maximum atomic E-state index is 11.7. The number of benzene rings is 1. The lowest BCUT2D eigenvalue weighted by molar-refractivity contribution is 0.0939. The predicted molar refractivity (Wildman–Crippen MR) is 62.8 cm³/mol. The highest BCUT2D eigenvalue weighted by Gasteiger charge is 2.08. The van der Waals surface area contributed by atoms with Gasteiger partial charge in [0.1, 0.15) is 0 Å². The van der Waals surface area contributed by atoms with Crippen molar-refractivity contribution >= 4 is 11.6 Å². The minimum absolute atomic E-state index is 0.0348. The molecule has 0 saturated heterocycles. The van der Waals surface area contributed by atoms with Gasteiger partial charge in [0.15, 0.2) is 0 Å². The highest BCUT2D eigenvalue weighted by molar-refractivity contribution is 5.95. The van der Waals surface area contributed by atoms with Crippen molar-refractivity contribution in [3.8, 4) is 0 Å². The van der Waals surface area contributed by atoms with E-state index in [2.05, 4.69) is 5.32 Å². The third kappa shape index (κ3) is 2.98. The van der Waals surface area contributed by atoms with Gasteiger partial charge in [-0.15, -0.1) is 0 Å². The Labute approximate surface area is 90.7 Å². The molecule has 0 aliphatic carbocycles. The summed E-state index contributed by atoms with van der Waals surface area (Å²) in [6.07, 6.45) is 0.930. The van der Waals surface area contributed by atoms with Crippen LogP contribution in [0.25, 0.3) is 0 Å². The second-order valence-corrected chi connectivity index (χ2v) is 3.85. The molecule has 0 aliphatic rings. The Kier molecular flexibility index (Phi) is 3.72. The molecule has 82 valence electrons. The zero-order valence-corrected chi connectivity index (χ0v) is 9.50. The lowest BCUT2D eigenvalue weighted by atomic mass is 10.1. The Bertz CT molecular complexity index is 361. The minimum atomic E-state index is -0.0348. The van der Waals surface area contributed by atoms with Gasteiger partial charge >= 0.3 is 0 Å². The van der Waals surface area contributed by atoms with Crippen molar-refractivity contribution in [1.82, 2.24) is 5.32 Å². The molecule has 0 fully saturated rings. The Morgan fingerprint density at radius 1 is 1.53 bits per heavy atom. The number of amides is 1. The van der Waals surface area contributed by atoms with E-state index in [0.29, 0.717) is 5.56 Å². The van der Waals surface area contributed by atoms with Crippen molar-refractivity contribution < 1.29 is 4.79 Å². The number of aryl methyl sites for hydroxylation is 1. The van der Waals surface area contributed by atoms with E-state index in [0.717, 1.165) is 17.7 Å². The second-order valence-electron chi connectivity index (χ2n) is 3.85. The molecule has 3 heteroatoms. The molecular formula is C12H18N2O. The normalized spacial score (nSPS) is 12.2. The van der Waals surface area contributed by atoms with E-state index in [1.54, 1.807) is 12.1 Å². The van der Waals surface area contributed by atoms with E-state index in [1.807, 2.05) is 26.8 Å². The van der Waals surface area contributed by atoms with Crippen molar-refractivity contribution in [1.29, 1.82) is 0 Å². The maximum absolute atomic E-state index is 11.7. The first-order valence-electron chi connectivity index (χ1n) is 5.21. The summed E-state index contributed by atoms with van der Waals surface area (Å²) < 4.78 is 0. The van der Waals surface area contributed by atoms with E-state index in [-0.39, 0.29) is 11.9 Å². The smallest absolute Gasteiger partial charge is 0.251 e. The highest BCUT2D eigenvalue weighted by atomic mass is 16.1. The maximum Gasteiger partial charge on any atom is 0.251 e. The molecule has 15 heavy (non-hydrogen) atoms. The number of nitrogens with one attached hydrogen (secondary N) is 1. The van der Waals surface area contributed by atoms with Gasteiger partial charge in [0.05, 0.1) is 0 Å². The van der Waals surface area contributed by atoms with Gasteiger partial charge in [-0.05, 0) is 44.0 Å². The minimum Gasteiger partial charge on any atom is -0.399 e. The summed E-state index contributed by atoms with van der Waals surface area (Å²) in [6.45, 7) is 5.93. The molecule has 0 radical (unpaired) electrons. The number of nitrogens with two attached hydrogens (primary N) is 1. The number of carbonyl (C=O) groups is 1. The average Bonchev–Trinajstić information content (AvgIpc) is 2.21. The summed E-state index contributed by atoms with van der Waals surface area (Å²) in [7, 11) is 0. The van der Waals surface area contributed by atoms with Gasteiger partial charge < -0.3 is 11.1 Å². The number of hydrogen-bond donors (Lipinski definition) is 2. The molecule has 1 rings (SSSR count). The monoisotopic (exact) mass is 206 g/mol. The fourth-order valence-electron chi connectivity index (χ4n) is 1.23. The van der Waals surface area contributed by atoms with Crippen LogP contribution in [-0.4, -0.2) is 11.9 Å². The van der Waals surface area contributed by atoms with Crippen LogP contribution in [0.3, 0.4) is 0 Å². The number of hydrogen-bond acceptors (Lipinski definition) is 2. The van der Waals surface area contributed by atoms with E-state index in [9.17, 15) is 4.79 Å². The number of anilines is 1. The van der Waals surface area contributed by atoms with Gasteiger partial charge in [-0.2, -0.15) is 0 Å². The Balaban J connectivity index is 2.78. The van der Waals surface area contributed by atoms with Gasteiger partial charge in [0.2, 0.25) is 0 Å². The molecular weight excluding hydrogens is 188 g/mol. The Morgan fingerprint density at radius 3 is 2.73 bits per heavy atom. The van der Waals surface area contributed by atoms with Crippen molar-refractivity contribution in [2.45, 2.75) is 33.2 Å². The zero-order valence-electron chi connectivity index (χ0n) is 9.50. The molecule has 1 amide bonds. The Hall–Kier alpha value is -1.51. The van der Waals surface area contributed by atoms with Crippen molar-refractivity contribution in [3.05, 3.63) is 29.3 Å². The molecule has 1 atom stereocenters. The quantitative estimate of drug-likeness (QED) is 0.744. The molecule has 1 aromatic carbocycles. The summed E-state index contributed by atoms with van der Waals surface area (Å²) in [5.74, 6) is -0.0348. The van der Waals surface area contributed by atoms with Crippen molar-refractivity contribution in [2.24, 2.45) is 0 Å². The predicted octanol–water partition coefficient (Wildman–Crippen LogP) is 2.11. The zero-order chi connectivity index (χ0) is 11.4. The van der Waals surface area contributed by atoms with Gasteiger partial charge in [0, 0.05) is 17.3 Å². The molecule has 0 spiro atoms. The first-order chi connectivity index (χ1) is 7.04. The van der Waals surface area contributed by atoms with Gasteiger partial charge in [-0.1, -0.05) is 6.92 Å². The molecule has 3 N–H and O–H groups in total. The largest absolute Gasteiger partial charge is 0.399 e. The fraction of sp³-hybridized carbons (Fsp3) is 0.417. The first kappa shape index (κ1) is 11.6. The van der Waals surface area contributed by atoms with Crippen LogP contribution in [0.5, 0.6) is 0 Å². The van der Waals surface area contributed by atoms with Gasteiger partial charge in [-0.25, -0.2) is 0 Å². The van der Waals surface area contributed by atoms with Crippen LogP contribution in [0, 0.1) is 6.92 Å². The van der Waals surface area contributed by atoms with Crippen LogP contribution in [0.15, 0.2) is 18.2 Å². The summed E-state index contributed by atoms with van der Waals surface area (Å²) in [4.78, 5) is 11.7. The second kappa shape index (κ2) is 4.82. The van der Waals surface area contributed by atoms with E-state index in [1.165, 1.54) is 0 Å². The van der Waals surface area contributed by atoms with Crippen LogP contribution in [-0.2, 0) is 0 Å². The molecule has 0 unspecified atom stereocenters. The number of carbonyl (C=O) groups excluding carboxylic acids is 1. The third-order valence-electron chi connectivity index (χ3n) is 2.52. The summed E-state index contributed by atoms with van der Waals surface area (Å²) >= 11 is 0. The molecule has 1 aromatic rings. The number of nitrogen functional groups attached to an aromatic ring is 1. The highest BCUT2D eigenvalue weighted by Crippen LogP contribution is 2.12. The molecule has 0 saturated carbocycles. The van der Waals surface area contributed by atoms with E-state index >= 15 is 0 Å². The first-order valence-corrected chi connectivity index (χ1v) is 5.21. The molecule has 0 aliphatic heterocycles. The van der Waals surface area contributed by atoms with Crippen molar-refractivity contribution in [2.75, 3.05) is 5.73 Å². The average molecular weight is 206 g/mol. The standard InChI is InChI=1S/C12H18N2O/c1-4-9(3)14-12(15)10-5-6-11(13)8(2)7-10/h5-7,9H,4,13H2,1-3H3,(H,14,15)/t9-/m0/s1. The van der Waals surface area contributed by atoms with E-state index in [4.69, 9.17) is 5.73 Å². The summed E-state index contributed by atoms with van der Waals surface area (Å²) in [5.41, 5.74) is 8.01. The van der Waals surface area contributed by atoms with Crippen LogP contribution < -0.4 is 11.1 Å². The number of rotatable bonds is 3. The van der Waals surface area contributed by atoms with Crippen LogP contribution in [0.2, 0.25) is 0 Å². The third-order valence-corrected chi connectivity index (χ3v) is 2.52. The van der Waals surface area contributed by atoms with E-state index < -0.39 is 0 Å². The summed E-state index contributed by atoms with van der Waals surface area (Å²) in [6, 6.07) is 5.53. The summed E-state index contributed by atoms with van der Waals surface area (Å²) in [5, 5.41) is 2.91. The fourth-order valence-corrected chi connectivity index (χ4v) is 1.23. The lowest BCUT2D eigenvalue weighted by Crippen LogP contribution is -2.31. The van der Waals surface area contributed by atoms with Gasteiger partial charge in [-0.3, -0.25) is 4.79 Å². The van der Waals surface area contributed by atoms with Gasteiger partial charge in [0.25, 0.3) is 5.91 Å².